The normalized spacial score (nSPS) is 19.2. The molecule has 0 radical (unpaired) electrons. The Labute approximate surface area is 165 Å². The summed E-state index contributed by atoms with van der Waals surface area (Å²) in [5, 5.41) is 3.16. The van der Waals surface area contributed by atoms with Crippen LogP contribution < -0.4 is 10.1 Å². The highest BCUT2D eigenvalue weighted by atomic mass is 16.5. The molecule has 2 aromatic heterocycles. The predicted octanol–water partition coefficient (Wildman–Crippen LogP) is 4.30. The van der Waals surface area contributed by atoms with Crippen LogP contribution in [0.4, 0.5) is 0 Å². The first-order chi connectivity index (χ1) is 13.7. The summed E-state index contributed by atoms with van der Waals surface area (Å²) >= 11 is 0. The van der Waals surface area contributed by atoms with Crippen molar-refractivity contribution >= 4 is 5.91 Å². The monoisotopic (exact) mass is 375 g/mol. The van der Waals surface area contributed by atoms with Crippen molar-refractivity contribution in [2.45, 2.75) is 44.8 Å². The van der Waals surface area contributed by atoms with Crippen LogP contribution in [0.15, 0.2) is 67.1 Å². The number of aromatic nitrogens is 2. The molecule has 1 fully saturated rings. The van der Waals surface area contributed by atoms with Gasteiger partial charge in [0.1, 0.15) is 6.10 Å². The number of aryl methyl sites for hydroxylation is 1. The van der Waals surface area contributed by atoms with Crippen LogP contribution in [0.5, 0.6) is 5.88 Å². The van der Waals surface area contributed by atoms with Crippen molar-refractivity contribution in [1.29, 1.82) is 0 Å². The van der Waals surface area contributed by atoms with Crippen LogP contribution in [0.1, 0.15) is 41.6 Å². The minimum atomic E-state index is -0.0105. The van der Waals surface area contributed by atoms with Gasteiger partial charge in [-0.15, -0.1) is 0 Å². The minimum Gasteiger partial charge on any atom is -0.474 e. The Morgan fingerprint density at radius 1 is 1.04 bits per heavy atom. The smallest absolute Gasteiger partial charge is 0.251 e. The molecule has 144 valence electrons. The molecule has 1 aliphatic carbocycles. The third kappa shape index (κ3) is 4.42. The molecule has 4 rings (SSSR count). The lowest BCUT2D eigenvalue weighted by Gasteiger charge is -2.29. The molecule has 0 unspecified atom stereocenters. The molecule has 0 aliphatic heterocycles. The summed E-state index contributed by atoms with van der Waals surface area (Å²) in [6.45, 7) is 2.01. The average Bonchev–Trinajstić information content (AvgIpc) is 3.26. The van der Waals surface area contributed by atoms with E-state index in [0.29, 0.717) is 11.4 Å². The van der Waals surface area contributed by atoms with E-state index in [9.17, 15) is 4.79 Å². The van der Waals surface area contributed by atoms with E-state index in [0.717, 1.165) is 36.9 Å². The molecule has 5 nitrogen and oxygen atoms in total. The van der Waals surface area contributed by atoms with E-state index >= 15 is 0 Å². The van der Waals surface area contributed by atoms with Crippen molar-refractivity contribution in [1.82, 2.24) is 14.9 Å². The topological polar surface area (TPSA) is 56.1 Å². The molecule has 28 heavy (non-hydrogen) atoms. The first-order valence-corrected chi connectivity index (χ1v) is 9.81. The lowest BCUT2D eigenvalue weighted by molar-refractivity contribution is 0.0890. The van der Waals surface area contributed by atoms with Gasteiger partial charge < -0.3 is 14.6 Å². The molecule has 1 aromatic carbocycles. The molecular formula is C23H25N3O2. The fraction of sp³-hybridized carbons (Fsp3) is 0.304. The third-order valence-electron chi connectivity index (χ3n) is 5.21. The van der Waals surface area contributed by atoms with Gasteiger partial charge in [0, 0.05) is 41.9 Å². The number of nitrogens with zero attached hydrogens (tertiary/aromatic N) is 2. The maximum absolute atomic E-state index is 12.6. The van der Waals surface area contributed by atoms with Crippen molar-refractivity contribution in [2.24, 2.45) is 0 Å². The number of benzene rings is 1. The Morgan fingerprint density at radius 3 is 2.39 bits per heavy atom. The fourth-order valence-electron chi connectivity index (χ4n) is 3.58. The van der Waals surface area contributed by atoms with Gasteiger partial charge in [-0.3, -0.25) is 4.79 Å². The predicted molar refractivity (Wildman–Crippen MR) is 109 cm³/mol. The number of carbonyl (C=O) groups excluding carboxylic acids is 1. The molecule has 1 amide bonds. The van der Waals surface area contributed by atoms with Gasteiger partial charge in [-0.2, -0.15) is 0 Å². The van der Waals surface area contributed by atoms with Crippen LogP contribution in [0.3, 0.4) is 0 Å². The second-order valence-corrected chi connectivity index (χ2v) is 7.38. The molecule has 1 saturated carbocycles. The summed E-state index contributed by atoms with van der Waals surface area (Å²) in [6, 6.07) is 15.8. The van der Waals surface area contributed by atoms with E-state index in [1.807, 2.05) is 78.6 Å². The van der Waals surface area contributed by atoms with Crippen molar-refractivity contribution in [2.75, 3.05) is 0 Å². The molecule has 1 aliphatic rings. The Morgan fingerprint density at radius 2 is 1.75 bits per heavy atom. The molecule has 1 N–H and O–H groups in total. The largest absolute Gasteiger partial charge is 0.474 e. The van der Waals surface area contributed by atoms with Gasteiger partial charge in [0.15, 0.2) is 0 Å². The Kier molecular flexibility index (Phi) is 5.42. The zero-order valence-corrected chi connectivity index (χ0v) is 16.0. The number of amides is 1. The molecular weight excluding hydrogens is 350 g/mol. The Hall–Kier alpha value is -3.08. The molecule has 0 atom stereocenters. The highest BCUT2D eigenvalue weighted by molar-refractivity contribution is 5.94. The third-order valence-corrected chi connectivity index (χ3v) is 5.21. The van der Waals surface area contributed by atoms with Crippen molar-refractivity contribution in [3.05, 3.63) is 78.2 Å². The number of carbonyl (C=O) groups is 1. The summed E-state index contributed by atoms with van der Waals surface area (Å²) in [5.41, 5.74) is 2.86. The zero-order chi connectivity index (χ0) is 19.3. The molecule has 2 heterocycles. The van der Waals surface area contributed by atoms with Crippen molar-refractivity contribution in [3.63, 3.8) is 0 Å². The maximum Gasteiger partial charge on any atom is 0.251 e. The number of nitrogens with one attached hydrogen (secondary N) is 1. The molecule has 0 spiro atoms. The van der Waals surface area contributed by atoms with Gasteiger partial charge in [0.2, 0.25) is 5.88 Å². The summed E-state index contributed by atoms with van der Waals surface area (Å²) in [5.74, 6) is 0.671. The molecule has 3 aromatic rings. The van der Waals surface area contributed by atoms with Crippen LogP contribution in [-0.4, -0.2) is 27.6 Å². The number of rotatable bonds is 5. The van der Waals surface area contributed by atoms with Crippen LogP contribution in [-0.2, 0) is 0 Å². The fourth-order valence-corrected chi connectivity index (χ4v) is 3.58. The number of pyridine rings is 1. The minimum absolute atomic E-state index is 0.0105. The summed E-state index contributed by atoms with van der Waals surface area (Å²) in [4.78, 5) is 16.9. The van der Waals surface area contributed by atoms with E-state index in [4.69, 9.17) is 4.74 Å². The standard InChI is InChI=1S/C23H25N3O2/c1-17-4-13-22(24-16-17)28-21-11-7-19(8-12-21)25-23(27)18-5-9-20(10-6-18)26-14-2-3-15-26/h2-6,9-10,13-16,19,21H,7-8,11-12H2,1H3,(H,25,27). The lowest BCUT2D eigenvalue weighted by atomic mass is 9.92. The van der Waals surface area contributed by atoms with Gasteiger partial charge in [-0.05, 0) is 74.6 Å². The van der Waals surface area contributed by atoms with Crippen molar-refractivity contribution in [3.8, 4) is 11.6 Å². The second kappa shape index (κ2) is 8.30. The van der Waals surface area contributed by atoms with Crippen LogP contribution in [0, 0.1) is 6.92 Å². The molecule has 0 saturated heterocycles. The van der Waals surface area contributed by atoms with Gasteiger partial charge >= 0.3 is 0 Å². The van der Waals surface area contributed by atoms with Gasteiger partial charge in [0.25, 0.3) is 5.91 Å². The van der Waals surface area contributed by atoms with E-state index in [-0.39, 0.29) is 18.1 Å². The van der Waals surface area contributed by atoms with Gasteiger partial charge in [0.05, 0.1) is 0 Å². The first kappa shape index (κ1) is 18.3. The van der Waals surface area contributed by atoms with E-state index in [1.54, 1.807) is 0 Å². The number of ether oxygens (including phenoxy) is 1. The zero-order valence-electron chi connectivity index (χ0n) is 16.0. The maximum atomic E-state index is 12.6. The van der Waals surface area contributed by atoms with Gasteiger partial charge in [-0.1, -0.05) is 6.07 Å². The van der Waals surface area contributed by atoms with Crippen LogP contribution in [0.2, 0.25) is 0 Å². The SMILES string of the molecule is Cc1ccc(OC2CCC(NC(=O)c3ccc(-n4cccc4)cc3)CC2)nc1. The van der Waals surface area contributed by atoms with E-state index in [1.165, 1.54) is 0 Å². The van der Waals surface area contributed by atoms with E-state index in [2.05, 4.69) is 10.3 Å². The number of hydrogen-bond acceptors (Lipinski definition) is 3. The highest BCUT2D eigenvalue weighted by Gasteiger charge is 2.24. The molecule has 5 heteroatoms. The van der Waals surface area contributed by atoms with Crippen LogP contribution >= 0.6 is 0 Å². The molecule has 0 bridgehead atoms. The summed E-state index contributed by atoms with van der Waals surface area (Å²) in [7, 11) is 0. The van der Waals surface area contributed by atoms with E-state index < -0.39 is 0 Å². The second-order valence-electron chi connectivity index (χ2n) is 7.38. The average molecular weight is 375 g/mol. The lowest BCUT2D eigenvalue weighted by Crippen LogP contribution is -2.39. The summed E-state index contributed by atoms with van der Waals surface area (Å²) < 4.78 is 7.99. The Bertz CT molecular complexity index is 894. The van der Waals surface area contributed by atoms with Gasteiger partial charge in [-0.25, -0.2) is 4.98 Å². The van der Waals surface area contributed by atoms with Crippen molar-refractivity contribution < 1.29 is 9.53 Å². The first-order valence-electron chi connectivity index (χ1n) is 9.81. The quantitative estimate of drug-likeness (QED) is 0.723. The summed E-state index contributed by atoms with van der Waals surface area (Å²) in [6.07, 6.45) is 9.66. The Balaban J connectivity index is 1.27. The number of hydrogen-bond donors (Lipinski definition) is 1. The highest BCUT2D eigenvalue weighted by Crippen LogP contribution is 2.23. The van der Waals surface area contributed by atoms with Crippen LogP contribution in [0.25, 0.3) is 5.69 Å².